The van der Waals surface area contributed by atoms with E-state index in [-0.39, 0.29) is 17.0 Å². The number of fused-ring (bicyclic) bond motifs is 3. The summed E-state index contributed by atoms with van der Waals surface area (Å²) >= 11 is 0. The molecule has 8 heteroatoms. The van der Waals surface area contributed by atoms with Crippen LogP contribution in [0.3, 0.4) is 0 Å². The van der Waals surface area contributed by atoms with Crippen molar-refractivity contribution in [3.63, 3.8) is 0 Å². The molecule has 0 saturated heterocycles. The molecule has 27 heavy (non-hydrogen) atoms. The maximum absolute atomic E-state index is 13.1. The molecule has 0 saturated carbocycles. The summed E-state index contributed by atoms with van der Waals surface area (Å²) in [6, 6.07) is 11.0. The van der Waals surface area contributed by atoms with Crippen LogP contribution in [0.1, 0.15) is 34.6 Å². The second kappa shape index (κ2) is 6.31. The Morgan fingerprint density at radius 3 is 2.70 bits per heavy atom. The van der Waals surface area contributed by atoms with E-state index in [0.29, 0.717) is 11.0 Å². The first-order valence-electron chi connectivity index (χ1n) is 8.38. The molecule has 1 atom stereocenters. The van der Waals surface area contributed by atoms with Crippen LogP contribution >= 0.6 is 0 Å². The third kappa shape index (κ3) is 2.95. The molecule has 2 aromatic carbocycles. The minimum atomic E-state index is -0.529. The molecule has 0 spiro atoms. The molecular weight excluding hydrogens is 349 g/mol. The Morgan fingerprint density at radius 2 is 1.96 bits per heavy atom. The summed E-state index contributed by atoms with van der Waals surface area (Å²) in [4.78, 5) is 27.9. The maximum atomic E-state index is 13.1. The summed E-state index contributed by atoms with van der Waals surface area (Å²) in [5.74, 6) is -0.881. The number of aryl methyl sites for hydroxylation is 1. The molecule has 2 heterocycles. The highest BCUT2D eigenvalue weighted by Crippen LogP contribution is 2.16. The number of hydrogen-bond acceptors (Lipinski definition) is 4. The smallest absolute Gasteiger partial charge is 0.277 e. The van der Waals surface area contributed by atoms with Gasteiger partial charge < -0.3 is 10.3 Å². The van der Waals surface area contributed by atoms with Crippen LogP contribution in [-0.4, -0.2) is 25.7 Å². The Kier molecular flexibility index (Phi) is 3.95. The first kappa shape index (κ1) is 16.9. The fourth-order valence-electron chi connectivity index (χ4n) is 3.02. The Labute approximate surface area is 152 Å². The van der Waals surface area contributed by atoms with E-state index in [9.17, 15) is 14.0 Å². The second-order valence-corrected chi connectivity index (χ2v) is 6.42. The molecule has 0 radical (unpaired) electrons. The molecule has 0 fully saturated rings. The average Bonchev–Trinajstić information content (AvgIpc) is 3.08. The van der Waals surface area contributed by atoms with Crippen LogP contribution in [0.15, 0.2) is 47.3 Å². The van der Waals surface area contributed by atoms with Gasteiger partial charge in [-0.1, -0.05) is 23.4 Å². The van der Waals surface area contributed by atoms with Gasteiger partial charge in [0, 0.05) is 0 Å². The van der Waals surface area contributed by atoms with Gasteiger partial charge >= 0.3 is 0 Å². The van der Waals surface area contributed by atoms with Crippen molar-refractivity contribution in [3.05, 3.63) is 75.5 Å². The van der Waals surface area contributed by atoms with Crippen LogP contribution < -0.4 is 10.9 Å². The standard InChI is InChI=1S/C19H16FN5O2/c1-10-3-8-15-14(9-10)22-19(27)17-16(23-24-25(15)17)18(26)21-11(2)12-4-6-13(20)7-5-12/h3-9,11H,1-2H3,(H,21,26)(H,22,27)/t11-/m1/s1. The SMILES string of the molecule is Cc1ccc2c(c1)[nH]c(=O)c1c(C(=O)N[C@H](C)c3ccc(F)cc3)nnn12. The zero-order valence-electron chi connectivity index (χ0n) is 14.7. The molecule has 136 valence electrons. The van der Waals surface area contributed by atoms with Crippen molar-refractivity contribution in [2.45, 2.75) is 19.9 Å². The van der Waals surface area contributed by atoms with E-state index in [1.165, 1.54) is 16.6 Å². The van der Waals surface area contributed by atoms with Crippen molar-refractivity contribution in [2.75, 3.05) is 0 Å². The topological polar surface area (TPSA) is 92.1 Å². The summed E-state index contributed by atoms with van der Waals surface area (Å²) in [5.41, 5.74) is 2.55. The fourth-order valence-corrected chi connectivity index (χ4v) is 3.02. The lowest BCUT2D eigenvalue weighted by Gasteiger charge is -2.13. The van der Waals surface area contributed by atoms with Crippen LogP contribution in [0.25, 0.3) is 16.6 Å². The minimum absolute atomic E-state index is 0.0623. The molecular formula is C19H16FN5O2. The van der Waals surface area contributed by atoms with Crippen molar-refractivity contribution in [1.29, 1.82) is 0 Å². The molecule has 4 aromatic rings. The van der Waals surface area contributed by atoms with Crippen LogP contribution in [0, 0.1) is 12.7 Å². The number of benzene rings is 2. The number of carbonyl (C=O) groups is 1. The zero-order chi connectivity index (χ0) is 19.1. The predicted molar refractivity (Wildman–Crippen MR) is 98.1 cm³/mol. The summed E-state index contributed by atoms with van der Waals surface area (Å²) in [7, 11) is 0. The van der Waals surface area contributed by atoms with Gasteiger partial charge in [0.2, 0.25) is 0 Å². The summed E-state index contributed by atoms with van der Waals surface area (Å²) in [6.07, 6.45) is 0. The molecule has 2 aromatic heterocycles. The monoisotopic (exact) mass is 365 g/mol. The highest BCUT2D eigenvalue weighted by Gasteiger charge is 2.21. The molecule has 1 amide bonds. The quantitative estimate of drug-likeness (QED) is 0.583. The van der Waals surface area contributed by atoms with Gasteiger partial charge in [-0.3, -0.25) is 9.59 Å². The van der Waals surface area contributed by atoms with Gasteiger partial charge in [-0.25, -0.2) is 8.91 Å². The van der Waals surface area contributed by atoms with E-state index in [4.69, 9.17) is 0 Å². The van der Waals surface area contributed by atoms with Gasteiger partial charge in [-0.05, 0) is 49.2 Å². The van der Waals surface area contributed by atoms with Crippen molar-refractivity contribution in [3.8, 4) is 0 Å². The molecule has 2 N–H and O–H groups in total. The summed E-state index contributed by atoms with van der Waals surface area (Å²) in [6.45, 7) is 3.68. The van der Waals surface area contributed by atoms with Crippen LogP contribution in [-0.2, 0) is 0 Å². The highest BCUT2D eigenvalue weighted by atomic mass is 19.1. The first-order chi connectivity index (χ1) is 12.9. The Balaban J connectivity index is 1.73. The number of nitrogens with zero attached hydrogens (tertiary/aromatic N) is 3. The predicted octanol–water partition coefficient (Wildman–Crippen LogP) is 2.51. The van der Waals surface area contributed by atoms with Gasteiger partial charge in [0.1, 0.15) is 5.82 Å². The van der Waals surface area contributed by atoms with Crippen LogP contribution in [0.2, 0.25) is 0 Å². The second-order valence-electron chi connectivity index (χ2n) is 6.42. The number of aromatic nitrogens is 4. The fraction of sp³-hybridized carbons (Fsp3) is 0.158. The number of hydrogen-bond donors (Lipinski definition) is 2. The number of rotatable bonds is 3. The number of halogens is 1. The largest absolute Gasteiger partial charge is 0.344 e. The van der Waals surface area contributed by atoms with Gasteiger partial charge in [-0.15, -0.1) is 5.10 Å². The van der Waals surface area contributed by atoms with E-state index in [1.54, 1.807) is 19.1 Å². The van der Waals surface area contributed by atoms with Crippen molar-refractivity contribution in [1.82, 2.24) is 25.1 Å². The van der Waals surface area contributed by atoms with Gasteiger partial charge in [0.25, 0.3) is 11.5 Å². The lowest BCUT2D eigenvalue weighted by molar-refractivity contribution is 0.0936. The van der Waals surface area contributed by atoms with Crippen molar-refractivity contribution < 1.29 is 9.18 Å². The van der Waals surface area contributed by atoms with E-state index in [0.717, 1.165) is 11.1 Å². The van der Waals surface area contributed by atoms with Crippen molar-refractivity contribution >= 4 is 22.5 Å². The van der Waals surface area contributed by atoms with E-state index in [2.05, 4.69) is 20.6 Å². The summed E-state index contributed by atoms with van der Waals surface area (Å²) in [5, 5.41) is 10.7. The number of amides is 1. The van der Waals surface area contributed by atoms with Gasteiger partial charge in [0.15, 0.2) is 11.2 Å². The molecule has 4 rings (SSSR count). The maximum Gasteiger partial charge on any atom is 0.277 e. The molecule has 0 aliphatic heterocycles. The summed E-state index contributed by atoms with van der Waals surface area (Å²) < 4.78 is 14.4. The van der Waals surface area contributed by atoms with E-state index in [1.807, 2.05) is 25.1 Å². The van der Waals surface area contributed by atoms with E-state index < -0.39 is 17.5 Å². The Morgan fingerprint density at radius 1 is 1.22 bits per heavy atom. The minimum Gasteiger partial charge on any atom is -0.344 e. The lowest BCUT2D eigenvalue weighted by atomic mass is 10.1. The number of aromatic amines is 1. The molecule has 0 aliphatic carbocycles. The van der Waals surface area contributed by atoms with Gasteiger partial charge in [-0.2, -0.15) is 0 Å². The van der Waals surface area contributed by atoms with Crippen molar-refractivity contribution in [2.24, 2.45) is 0 Å². The average molecular weight is 365 g/mol. The highest BCUT2D eigenvalue weighted by molar-refractivity contribution is 5.99. The number of nitrogens with one attached hydrogen (secondary N) is 2. The third-order valence-corrected chi connectivity index (χ3v) is 4.45. The lowest BCUT2D eigenvalue weighted by Crippen LogP contribution is -2.28. The molecule has 0 aliphatic rings. The molecule has 7 nitrogen and oxygen atoms in total. The van der Waals surface area contributed by atoms with E-state index >= 15 is 0 Å². The molecule has 0 bridgehead atoms. The van der Waals surface area contributed by atoms with Gasteiger partial charge in [0.05, 0.1) is 17.1 Å². The normalized spacial score (nSPS) is 12.4. The van der Waals surface area contributed by atoms with Crippen LogP contribution in [0.4, 0.5) is 4.39 Å². The Hall–Kier alpha value is -3.55. The number of carbonyl (C=O) groups excluding carboxylic acids is 1. The zero-order valence-corrected chi connectivity index (χ0v) is 14.7. The first-order valence-corrected chi connectivity index (χ1v) is 8.38. The Bertz CT molecular complexity index is 1230. The third-order valence-electron chi connectivity index (χ3n) is 4.45. The molecule has 0 unspecified atom stereocenters. The number of H-pyrrole nitrogens is 1. The van der Waals surface area contributed by atoms with Crippen LogP contribution in [0.5, 0.6) is 0 Å².